The Balaban J connectivity index is 3.25. The molecule has 0 saturated heterocycles. The second kappa shape index (κ2) is 9.47. The Morgan fingerprint density at radius 2 is 1.57 bits per heavy atom. The summed E-state index contributed by atoms with van der Waals surface area (Å²) in [5.41, 5.74) is 0. The number of aliphatic hydroxyl groups is 2. The molecule has 2 nitrogen and oxygen atoms in total. The smallest absolute Gasteiger partial charge is 0.0562 e. The maximum atomic E-state index is 9.29. The number of rotatable bonds is 9. The van der Waals surface area contributed by atoms with Gasteiger partial charge in [-0.15, -0.1) is 0 Å². The fraction of sp³-hybridized carbons (Fsp3) is 1.00. The monoisotopic (exact) mass is 202 g/mol. The van der Waals surface area contributed by atoms with Crippen molar-refractivity contribution in [1.29, 1.82) is 0 Å². The van der Waals surface area contributed by atoms with E-state index in [1.807, 2.05) is 0 Å². The van der Waals surface area contributed by atoms with Crippen molar-refractivity contribution in [2.75, 3.05) is 6.61 Å². The first kappa shape index (κ1) is 13.9. The molecule has 0 aromatic rings. The van der Waals surface area contributed by atoms with Gasteiger partial charge in [0.05, 0.1) is 6.10 Å². The fourth-order valence-corrected chi connectivity index (χ4v) is 1.67. The van der Waals surface area contributed by atoms with E-state index < -0.39 is 0 Å². The van der Waals surface area contributed by atoms with Gasteiger partial charge in [0, 0.05) is 12.5 Å². The van der Waals surface area contributed by atoms with Crippen molar-refractivity contribution in [1.82, 2.24) is 0 Å². The van der Waals surface area contributed by atoms with Gasteiger partial charge in [-0.2, -0.15) is 0 Å². The lowest BCUT2D eigenvalue weighted by Crippen LogP contribution is -2.20. The summed E-state index contributed by atoms with van der Waals surface area (Å²) in [6, 6.07) is 0. The molecule has 0 aliphatic rings. The highest BCUT2D eigenvalue weighted by atomic mass is 16.3. The summed E-state index contributed by atoms with van der Waals surface area (Å²) in [5.74, 6) is 0.0844. The Bertz CT molecular complexity index is 113. The molecule has 0 saturated carbocycles. The van der Waals surface area contributed by atoms with Gasteiger partial charge in [-0.1, -0.05) is 45.4 Å². The van der Waals surface area contributed by atoms with Gasteiger partial charge in [-0.3, -0.25) is 0 Å². The molecule has 0 rings (SSSR count). The van der Waals surface area contributed by atoms with Crippen LogP contribution in [0.2, 0.25) is 0 Å². The average Bonchev–Trinajstić information content (AvgIpc) is 2.16. The van der Waals surface area contributed by atoms with Crippen LogP contribution in [-0.4, -0.2) is 22.9 Å². The van der Waals surface area contributed by atoms with Crippen LogP contribution in [0.15, 0.2) is 0 Å². The maximum Gasteiger partial charge on any atom is 0.0562 e. The van der Waals surface area contributed by atoms with E-state index in [0.717, 1.165) is 12.8 Å². The molecular weight excluding hydrogens is 176 g/mol. The summed E-state index contributed by atoms with van der Waals surface area (Å²) < 4.78 is 0. The zero-order valence-corrected chi connectivity index (χ0v) is 9.71. The van der Waals surface area contributed by atoms with Crippen molar-refractivity contribution >= 4 is 0 Å². The Kier molecular flexibility index (Phi) is 9.42. The molecule has 14 heavy (non-hydrogen) atoms. The van der Waals surface area contributed by atoms with Crippen LogP contribution in [0, 0.1) is 5.92 Å². The Labute approximate surface area is 88.3 Å². The van der Waals surface area contributed by atoms with Crippen molar-refractivity contribution in [2.45, 2.75) is 64.9 Å². The van der Waals surface area contributed by atoms with Crippen molar-refractivity contribution in [3.05, 3.63) is 0 Å². The van der Waals surface area contributed by atoms with Crippen molar-refractivity contribution in [2.24, 2.45) is 5.92 Å². The second-order valence-corrected chi connectivity index (χ2v) is 4.24. The second-order valence-electron chi connectivity index (χ2n) is 4.24. The molecule has 2 atom stereocenters. The minimum Gasteiger partial charge on any atom is -0.396 e. The summed E-state index contributed by atoms with van der Waals surface area (Å²) in [6.45, 7) is 4.10. The van der Waals surface area contributed by atoms with Crippen LogP contribution < -0.4 is 0 Å². The van der Waals surface area contributed by atoms with E-state index in [4.69, 9.17) is 5.11 Å². The van der Waals surface area contributed by atoms with Gasteiger partial charge >= 0.3 is 0 Å². The summed E-state index contributed by atoms with van der Waals surface area (Å²) in [5, 5.41) is 18.3. The van der Waals surface area contributed by atoms with E-state index in [9.17, 15) is 5.11 Å². The summed E-state index contributed by atoms with van der Waals surface area (Å²) in [6.07, 6.45) is 8.22. The molecule has 0 heterocycles. The van der Waals surface area contributed by atoms with Crippen LogP contribution in [0.3, 0.4) is 0 Å². The van der Waals surface area contributed by atoms with Gasteiger partial charge in [0.1, 0.15) is 0 Å². The third-order valence-corrected chi connectivity index (χ3v) is 2.85. The predicted molar refractivity (Wildman–Crippen MR) is 60.2 cm³/mol. The van der Waals surface area contributed by atoms with Gasteiger partial charge in [-0.05, 0) is 13.3 Å². The predicted octanol–water partition coefficient (Wildman–Crippen LogP) is 2.73. The molecular formula is C12H26O2. The quantitative estimate of drug-likeness (QED) is 0.564. The lowest BCUT2D eigenvalue weighted by atomic mass is 9.97. The largest absolute Gasteiger partial charge is 0.396 e. The highest BCUT2D eigenvalue weighted by Crippen LogP contribution is 2.14. The summed E-state index contributed by atoms with van der Waals surface area (Å²) >= 11 is 0. The number of hydrogen-bond donors (Lipinski definition) is 2. The third kappa shape index (κ3) is 7.34. The molecule has 0 aromatic heterocycles. The van der Waals surface area contributed by atoms with E-state index in [-0.39, 0.29) is 18.6 Å². The fourth-order valence-electron chi connectivity index (χ4n) is 1.67. The first-order chi connectivity index (χ1) is 6.72. The van der Waals surface area contributed by atoms with Crippen LogP contribution in [-0.2, 0) is 0 Å². The lowest BCUT2D eigenvalue weighted by Gasteiger charge is -2.16. The first-order valence-electron chi connectivity index (χ1n) is 6.01. The van der Waals surface area contributed by atoms with Crippen molar-refractivity contribution < 1.29 is 10.2 Å². The molecule has 86 valence electrons. The Morgan fingerprint density at radius 1 is 1.00 bits per heavy atom. The van der Waals surface area contributed by atoms with Gasteiger partial charge in [0.2, 0.25) is 0 Å². The SMILES string of the molecule is CCCCCCCCC(CO)C(C)O. The maximum absolute atomic E-state index is 9.29. The number of aliphatic hydroxyl groups excluding tert-OH is 2. The van der Waals surface area contributed by atoms with Gasteiger partial charge in [0.15, 0.2) is 0 Å². The van der Waals surface area contributed by atoms with Crippen LogP contribution >= 0.6 is 0 Å². The third-order valence-electron chi connectivity index (χ3n) is 2.85. The van der Waals surface area contributed by atoms with Gasteiger partial charge in [-0.25, -0.2) is 0 Å². The van der Waals surface area contributed by atoms with E-state index in [1.165, 1.54) is 32.1 Å². The molecule has 0 aliphatic carbocycles. The van der Waals surface area contributed by atoms with Crippen LogP contribution in [0.1, 0.15) is 58.8 Å². The van der Waals surface area contributed by atoms with Crippen LogP contribution in [0.25, 0.3) is 0 Å². The molecule has 2 N–H and O–H groups in total. The molecule has 0 bridgehead atoms. The topological polar surface area (TPSA) is 40.5 Å². The van der Waals surface area contributed by atoms with Crippen molar-refractivity contribution in [3.8, 4) is 0 Å². The standard InChI is InChI=1S/C12H26O2/c1-3-4-5-6-7-8-9-12(10-13)11(2)14/h11-14H,3-10H2,1-2H3. The lowest BCUT2D eigenvalue weighted by molar-refractivity contribution is 0.0741. The number of hydrogen-bond acceptors (Lipinski definition) is 2. The van der Waals surface area contributed by atoms with E-state index in [2.05, 4.69) is 6.92 Å². The molecule has 0 radical (unpaired) electrons. The highest BCUT2D eigenvalue weighted by Gasteiger charge is 2.12. The summed E-state index contributed by atoms with van der Waals surface area (Å²) in [4.78, 5) is 0. The molecule has 0 fully saturated rings. The molecule has 0 aromatic carbocycles. The van der Waals surface area contributed by atoms with Crippen molar-refractivity contribution in [3.63, 3.8) is 0 Å². The zero-order valence-electron chi connectivity index (χ0n) is 9.71. The summed E-state index contributed by atoms with van der Waals surface area (Å²) in [7, 11) is 0. The van der Waals surface area contributed by atoms with Gasteiger partial charge in [0.25, 0.3) is 0 Å². The van der Waals surface area contributed by atoms with E-state index >= 15 is 0 Å². The first-order valence-corrected chi connectivity index (χ1v) is 6.01. The van der Waals surface area contributed by atoms with Crippen LogP contribution in [0.5, 0.6) is 0 Å². The highest BCUT2D eigenvalue weighted by molar-refractivity contribution is 4.63. The molecule has 2 heteroatoms. The molecule has 0 amide bonds. The van der Waals surface area contributed by atoms with E-state index in [1.54, 1.807) is 6.92 Å². The Morgan fingerprint density at radius 3 is 2.07 bits per heavy atom. The molecule has 0 aliphatic heterocycles. The van der Waals surface area contributed by atoms with Gasteiger partial charge < -0.3 is 10.2 Å². The number of unbranched alkanes of at least 4 members (excludes halogenated alkanes) is 5. The van der Waals surface area contributed by atoms with E-state index in [0.29, 0.717) is 0 Å². The normalized spacial score (nSPS) is 15.4. The minimum atomic E-state index is -0.365. The Hall–Kier alpha value is -0.0800. The minimum absolute atomic E-state index is 0.0844. The average molecular weight is 202 g/mol. The molecule has 0 spiro atoms. The molecule has 2 unspecified atom stereocenters. The van der Waals surface area contributed by atoms with Crippen LogP contribution in [0.4, 0.5) is 0 Å². The zero-order chi connectivity index (χ0) is 10.8.